The lowest BCUT2D eigenvalue weighted by atomic mass is 10.2. The maximum absolute atomic E-state index is 13.2. The number of amides is 1. The van der Waals surface area contributed by atoms with Crippen molar-refractivity contribution in [1.29, 1.82) is 0 Å². The summed E-state index contributed by atoms with van der Waals surface area (Å²) in [5, 5.41) is 4.16. The summed E-state index contributed by atoms with van der Waals surface area (Å²) >= 11 is 0. The number of aryl methyl sites for hydroxylation is 1. The van der Waals surface area contributed by atoms with Crippen LogP contribution >= 0.6 is 0 Å². The van der Waals surface area contributed by atoms with Crippen LogP contribution in [-0.4, -0.2) is 28.5 Å². The maximum Gasteiger partial charge on any atom is 0.414 e. The second kappa shape index (κ2) is 4.96. The van der Waals surface area contributed by atoms with Crippen molar-refractivity contribution in [1.82, 2.24) is 9.78 Å². The molecule has 1 unspecified atom stereocenters. The van der Waals surface area contributed by atoms with Crippen molar-refractivity contribution in [3.63, 3.8) is 0 Å². The highest BCUT2D eigenvalue weighted by atomic mass is 19.1. The molecule has 104 valence electrons. The number of carbonyl (C=O) groups is 1. The SMILES string of the molecule is Cc1cnn(CC2CN(c3cccc(F)c3)C(=O)O2)c1. The molecule has 0 saturated carbocycles. The third-order valence-corrected chi connectivity index (χ3v) is 3.15. The molecule has 1 aliphatic heterocycles. The van der Waals surface area contributed by atoms with E-state index in [1.165, 1.54) is 17.0 Å². The number of ether oxygens (including phenoxy) is 1. The second-order valence-electron chi connectivity index (χ2n) is 4.84. The van der Waals surface area contributed by atoms with Crippen LogP contribution in [0, 0.1) is 12.7 Å². The minimum absolute atomic E-state index is 0.287. The van der Waals surface area contributed by atoms with Crippen molar-refractivity contribution in [2.24, 2.45) is 0 Å². The van der Waals surface area contributed by atoms with Crippen molar-refractivity contribution < 1.29 is 13.9 Å². The molecule has 1 aromatic carbocycles. The van der Waals surface area contributed by atoms with Crippen molar-refractivity contribution in [2.75, 3.05) is 11.4 Å². The number of rotatable bonds is 3. The predicted octanol–water partition coefficient (Wildman–Crippen LogP) is 2.36. The van der Waals surface area contributed by atoms with E-state index in [0.717, 1.165) is 5.56 Å². The Labute approximate surface area is 115 Å². The summed E-state index contributed by atoms with van der Waals surface area (Å²) < 4.78 is 20.2. The molecule has 20 heavy (non-hydrogen) atoms. The van der Waals surface area contributed by atoms with Crippen LogP contribution in [0.3, 0.4) is 0 Å². The van der Waals surface area contributed by atoms with Gasteiger partial charge in [-0.2, -0.15) is 5.10 Å². The van der Waals surface area contributed by atoms with Crippen LogP contribution in [0.2, 0.25) is 0 Å². The molecule has 2 heterocycles. The number of carbonyl (C=O) groups excluding carboxylic acids is 1. The number of nitrogens with zero attached hydrogens (tertiary/aromatic N) is 3. The first-order chi connectivity index (χ1) is 9.61. The number of hydrogen-bond acceptors (Lipinski definition) is 3. The molecule has 1 aliphatic rings. The third kappa shape index (κ3) is 2.49. The monoisotopic (exact) mass is 275 g/mol. The zero-order valence-corrected chi connectivity index (χ0v) is 11.0. The molecular weight excluding hydrogens is 261 g/mol. The quantitative estimate of drug-likeness (QED) is 0.864. The van der Waals surface area contributed by atoms with Gasteiger partial charge in [-0.25, -0.2) is 9.18 Å². The highest BCUT2D eigenvalue weighted by molar-refractivity contribution is 5.89. The van der Waals surface area contributed by atoms with Crippen LogP contribution in [0.1, 0.15) is 5.56 Å². The van der Waals surface area contributed by atoms with Gasteiger partial charge in [0.05, 0.1) is 25.0 Å². The fourth-order valence-electron chi connectivity index (χ4n) is 2.25. The summed E-state index contributed by atoms with van der Waals surface area (Å²) in [5.41, 5.74) is 1.56. The fraction of sp³-hybridized carbons (Fsp3) is 0.286. The number of aromatic nitrogens is 2. The fourth-order valence-corrected chi connectivity index (χ4v) is 2.25. The molecule has 2 aromatic rings. The Morgan fingerprint density at radius 2 is 2.35 bits per heavy atom. The molecule has 1 amide bonds. The van der Waals surface area contributed by atoms with E-state index in [-0.39, 0.29) is 11.9 Å². The first-order valence-corrected chi connectivity index (χ1v) is 6.34. The van der Waals surface area contributed by atoms with Gasteiger partial charge in [-0.05, 0) is 30.7 Å². The van der Waals surface area contributed by atoms with E-state index in [9.17, 15) is 9.18 Å². The van der Waals surface area contributed by atoms with Crippen molar-refractivity contribution in [3.8, 4) is 0 Å². The molecule has 0 N–H and O–H groups in total. The van der Waals surface area contributed by atoms with Crippen LogP contribution in [0.15, 0.2) is 36.7 Å². The van der Waals surface area contributed by atoms with Crippen LogP contribution in [0.25, 0.3) is 0 Å². The lowest BCUT2D eigenvalue weighted by Gasteiger charge is -2.12. The van der Waals surface area contributed by atoms with Gasteiger partial charge in [0.15, 0.2) is 0 Å². The van der Waals surface area contributed by atoms with Gasteiger partial charge in [0.2, 0.25) is 0 Å². The maximum atomic E-state index is 13.2. The van der Waals surface area contributed by atoms with Crippen LogP contribution < -0.4 is 4.90 Å². The Bertz CT molecular complexity index is 641. The van der Waals surface area contributed by atoms with E-state index >= 15 is 0 Å². The van der Waals surface area contributed by atoms with Crippen LogP contribution in [0.4, 0.5) is 14.9 Å². The molecule has 1 fully saturated rings. The molecule has 1 atom stereocenters. The summed E-state index contributed by atoms with van der Waals surface area (Å²) in [4.78, 5) is 13.3. The number of anilines is 1. The highest BCUT2D eigenvalue weighted by Crippen LogP contribution is 2.22. The Morgan fingerprint density at radius 1 is 1.50 bits per heavy atom. The van der Waals surface area contributed by atoms with Gasteiger partial charge >= 0.3 is 6.09 Å². The predicted molar refractivity (Wildman–Crippen MR) is 71.0 cm³/mol. The van der Waals surface area contributed by atoms with Gasteiger partial charge in [0.25, 0.3) is 0 Å². The second-order valence-corrected chi connectivity index (χ2v) is 4.84. The number of cyclic esters (lactones) is 1. The summed E-state index contributed by atoms with van der Waals surface area (Å²) in [6.45, 7) is 2.83. The Morgan fingerprint density at radius 3 is 3.05 bits per heavy atom. The van der Waals surface area contributed by atoms with E-state index in [4.69, 9.17) is 4.74 Å². The molecule has 0 aliphatic carbocycles. The molecule has 0 radical (unpaired) electrons. The van der Waals surface area contributed by atoms with Gasteiger partial charge < -0.3 is 4.74 Å². The van der Waals surface area contributed by atoms with E-state index in [0.29, 0.717) is 18.8 Å². The van der Waals surface area contributed by atoms with Gasteiger partial charge in [0, 0.05) is 6.20 Å². The molecule has 0 spiro atoms. The zero-order valence-electron chi connectivity index (χ0n) is 11.0. The summed E-state index contributed by atoms with van der Waals surface area (Å²) in [6, 6.07) is 5.92. The Hall–Kier alpha value is -2.37. The largest absolute Gasteiger partial charge is 0.442 e. The number of benzene rings is 1. The Kier molecular flexibility index (Phi) is 3.14. The normalized spacial score (nSPS) is 18.4. The van der Waals surface area contributed by atoms with E-state index < -0.39 is 6.09 Å². The number of hydrogen-bond donors (Lipinski definition) is 0. The van der Waals surface area contributed by atoms with Crippen molar-refractivity contribution in [3.05, 3.63) is 48.0 Å². The number of halogens is 1. The average molecular weight is 275 g/mol. The van der Waals surface area contributed by atoms with Gasteiger partial charge in [-0.1, -0.05) is 6.07 Å². The molecular formula is C14H14FN3O2. The van der Waals surface area contributed by atoms with Crippen molar-refractivity contribution >= 4 is 11.8 Å². The van der Waals surface area contributed by atoms with Crippen LogP contribution in [-0.2, 0) is 11.3 Å². The minimum atomic E-state index is -0.454. The van der Waals surface area contributed by atoms with E-state index in [1.54, 1.807) is 23.0 Å². The van der Waals surface area contributed by atoms with Gasteiger partial charge in [0.1, 0.15) is 11.9 Å². The molecule has 6 heteroatoms. The molecule has 5 nitrogen and oxygen atoms in total. The van der Waals surface area contributed by atoms with Crippen molar-refractivity contribution in [2.45, 2.75) is 19.6 Å². The molecule has 3 rings (SSSR count). The lowest BCUT2D eigenvalue weighted by Crippen LogP contribution is -2.26. The zero-order chi connectivity index (χ0) is 14.1. The first kappa shape index (κ1) is 12.7. The van der Waals surface area contributed by atoms with Gasteiger partial charge in [-0.15, -0.1) is 0 Å². The first-order valence-electron chi connectivity index (χ1n) is 6.34. The molecule has 1 saturated heterocycles. The van der Waals surface area contributed by atoms with Crippen LogP contribution in [0.5, 0.6) is 0 Å². The standard InChI is InChI=1S/C14H14FN3O2/c1-10-6-16-17(7-10)8-13-9-18(14(19)20-13)12-4-2-3-11(15)5-12/h2-7,13H,8-9H2,1H3. The smallest absolute Gasteiger partial charge is 0.414 e. The molecule has 0 bridgehead atoms. The molecule has 1 aromatic heterocycles. The third-order valence-electron chi connectivity index (χ3n) is 3.15. The highest BCUT2D eigenvalue weighted by Gasteiger charge is 2.32. The van der Waals surface area contributed by atoms with E-state index in [1.807, 2.05) is 13.1 Å². The van der Waals surface area contributed by atoms with Gasteiger partial charge in [-0.3, -0.25) is 9.58 Å². The summed E-state index contributed by atoms with van der Waals surface area (Å²) in [6.07, 6.45) is 2.90. The minimum Gasteiger partial charge on any atom is -0.442 e. The van der Waals surface area contributed by atoms with E-state index in [2.05, 4.69) is 5.10 Å². The topological polar surface area (TPSA) is 47.4 Å². The summed E-state index contributed by atoms with van der Waals surface area (Å²) in [7, 11) is 0. The lowest BCUT2D eigenvalue weighted by molar-refractivity contribution is 0.129. The average Bonchev–Trinajstić information content (AvgIpc) is 2.96. The summed E-state index contributed by atoms with van der Waals surface area (Å²) in [5.74, 6) is -0.374. The Balaban J connectivity index is 1.72.